The molecule has 0 aliphatic heterocycles. The minimum Gasteiger partial charge on any atom is -0.465 e. The highest BCUT2D eigenvalue weighted by atomic mass is 35.5. The fourth-order valence-corrected chi connectivity index (χ4v) is 1.95. The van der Waals surface area contributed by atoms with Gasteiger partial charge in [-0.2, -0.15) is 0 Å². The van der Waals surface area contributed by atoms with Crippen molar-refractivity contribution in [2.75, 3.05) is 7.11 Å². The summed E-state index contributed by atoms with van der Waals surface area (Å²) in [5.74, 6) is 0.0374. The number of carbonyl (C=O) groups is 1. The Hall–Kier alpha value is -1.94. The Balaban J connectivity index is 2.23. The Kier molecular flexibility index (Phi) is 4.12. The molecule has 1 aromatic carbocycles. The van der Waals surface area contributed by atoms with Crippen molar-refractivity contribution in [3.8, 4) is 0 Å². The van der Waals surface area contributed by atoms with Crippen LogP contribution in [0.15, 0.2) is 30.5 Å². The molecule has 0 aliphatic rings. The van der Waals surface area contributed by atoms with E-state index in [1.165, 1.54) is 18.9 Å². The third-order valence-corrected chi connectivity index (χ3v) is 2.93. The number of methoxy groups -OCH3 is 1. The molecule has 0 fully saturated rings. The van der Waals surface area contributed by atoms with Crippen LogP contribution in [-0.2, 0) is 11.2 Å². The molecular weight excluding hydrogens is 264 g/mol. The molecule has 0 saturated heterocycles. The highest BCUT2D eigenvalue weighted by Crippen LogP contribution is 2.15. The lowest BCUT2D eigenvalue weighted by atomic mass is 10.1. The lowest BCUT2D eigenvalue weighted by Gasteiger charge is -2.05. The molecule has 5 heteroatoms. The largest absolute Gasteiger partial charge is 0.465 e. The zero-order chi connectivity index (χ0) is 13.8. The van der Waals surface area contributed by atoms with E-state index >= 15 is 0 Å². The van der Waals surface area contributed by atoms with Gasteiger partial charge in [0.1, 0.15) is 16.5 Å². The van der Waals surface area contributed by atoms with Crippen molar-refractivity contribution in [3.05, 3.63) is 58.1 Å². The van der Waals surface area contributed by atoms with Crippen molar-refractivity contribution >= 4 is 17.6 Å². The maximum Gasteiger partial charge on any atom is 0.342 e. The van der Waals surface area contributed by atoms with Crippen molar-refractivity contribution in [2.45, 2.75) is 13.3 Å². The van der Waals surface area contributed by atoms with E-state index in [0.717, 1.165) is 5.56 Å². The van der Waals surface area contributed by atoms with Crippen LogP contribution in [0.1, 0.15) is 27.3 Å². The van der Waals surface area contributed by atoms with Crippen LogP contribution in [0.5, 0.6) is 0 Å². The molecule has 1 aromatic heterocycles. The second-order valence-corrected chi connectivity index (χ2v) is 4.51. The third kappa shape index (κ3) is 3.29. The molecule has 0 atom stereocenters. The molecule has 0 radical (unpaired) electrons. The zero-order valence-electron chi connectivity index (χ0n) is 10.7. The lowest BCUT2D eigenvalue weighted by molar-refractivity contribution is 0.0600. The van der Waals surface area contributed by atoms with E-state index in [1.54, 1.807) is 0 Å². The summed E-state index contributed by atoms with van der Waals surface area (Å²) in [4.78, 5) is 19.6. The molecule has 0 amide bonds. The first-order valence-electron chi connectivity index (χ1n) is 5.75. The molecule has 0 saturated carbocycles. The molecule has 2 rings (SSSR count). The first kappa shape index (κ1) is 13.5. The number of hydrogen-bond donors (Lipinski definition) is 0. The minimum absolute atomic E-state index is 0.115. The van der Waals surface area contributed by atoms with E-state index in [1.807, 2.05) is 25.1 Å². The first-order valence-corrected chi connectivity index (χ1v) is 6.13. The SMILES string of the molecule is COC(=O)c1cnc(Cc2cccc(C)c2)nc1Cl. The van der Waals surface area contributed by atoms with Gasteiger partial charge >= 0.3 is 5.97 Å². The fraction of sp³-hybridized carbons (Fsp3) is 0.214. The van der Waals surface area contributed by atoms with Crippen LogP contribution in [0, 0.1) is 6.92 Å². The van der Waals surface area contributed by atoms with E-state index < -0.39 is 5.97 Å². The number of ether oxygens (including phenoxy) is 1. The second-order valence-electron chi connectivity index (χ2n) is 4.15. The number of aryl methyl sites for hydroxylation is 1. The van der Waals surface area contributed by atoms with Crippen molar-refractivity contribution in [3.63, 3.8) is 0 Å². The van der Waals surface area contributed by atoms with Crippen LogP contribution in [0.2, 0.25) is 5.15 Å². The average molecular weight is 277 g/mol. The monoisotopic (exact) mass is 276 g/mol. The van der Waals surface area contributed by atoms with Gasteiger partial charge in [0, 0.05) is 12.6 Å². The first-order chi connectivity index (χ1) is 9.10. The Morgan fingerprint density at radius 3 is 2.84 bits per heavy atom. The van der Waals surface area contributed by atoms with Gasteiger partial charge in [0.05, 0.1) is 7.11 Å². The van der Waals surface area contributed by atoms with Crippen molar-refractivity contribution in [1.82, 2.24) is 9.97 Å². The summed E-state index contributed by atoms with van der Waals surface area (Å²) in [7, 11) is 1.29. The number of hydrogen-bond acceptors (Lipinski definition) is 4. The summed E-state index contributed by atoms with van der Waals surface area (Å²) in [6, 6.07) is 8.07. The number of esters is 1. The standard InChI is InChI=1S/C14H13ClN2O2/c1-9-4-3-5-10(6-9)7-12-16-8-11(13(15)17-12)14(18)19-2/h3-6,8H,7H2,1-2H3. The molecule has 19 heavy (non-hydrogen) atoms. The quantitative estimate of drug-likeness (QED) is 0.639. The van der Waals surface area contributed by atoms with Gasteiger partial charge in [0.2, 0.25) is 0 Å². The van der Waals surface area contributed by atoms with Crippen LogP contribution >= 0.6 is 11.6 Å². The Labute approximate surface area is 116 Å². The molecule has 0 N–H and O–H groups in total. The Bertz CT molecular complexity index is 614. The number of rotatable bonds is 3. The number of aromatic nitrogens is 2. The zero-order valence-corrected chi connectivity index (χ0v) is 11.4. The van der Waals surface area contributed by atoms with Gasteiger partial charge in [-0.1, -0.05) is 41.4 Å². The summed E-state index contributed by atoms with van der Waals surface area (Å²) < 4.78 is 4.59. The molecule has 4 nitrogen and oxygen atoms in total. The molecule has 2 aromatic rings. The maximum atomic E-state index is 11.4. The number of nitrogens with zero attached hydrogens (tertiary/aromatic N) is 2. The van der Waals surface area contributed by atoms with Gasteiger partial charge in [-0.3, -0.25) is 0 Å². The fourth-order valence-electron chi connectivity index (χ4n) is 1.73. The molecule has 1 heterocycles. The number of halogens is 1. The van der Waals surface area contributed by atoms with Gasteiger partial charge in [0.15, 0.2) is 0 Å². The van der Waals surface area contributed by atoms with E-state index in [9.17, 15) is 4.79 Å². The van der Waals surface area contributed by atoms with E-state index in [0.29, 0.717) is 12.2 Å². The normalized spacial score (nSPS) is 10.3. The second kappa shape index (κ2) is 5.80. The summed E-state index contributed by atoms with van der Waals surface area (Å²) in [6.45, 7) is 2.03. The smallest absolute Gasteiger partial charge is 0.342 e. The van der Waals surface area contributed by atoms with Gasteiger partial charge in [-0.05, 0) is 12.5 Å². The van der Waals surface area contributed by atoms with Gasteiger partial charge in [-0.25, -0.2) is 14.8 Å². The van der Waals surface area contributed by atoms with Crippen molar-refractivity contribution < 1.29 is 9.53 Å². The summed E-state index contributed by atoms with van der Waals surface area (Å²) in [6.07, 6.45) is 1.97. The minimum atomic E-state index is -0.535. The van der Waals surface area contributed by atoms with Crippen LogP contribution in [0.3, 0.4) is 0 Å². The van der Waals surface area contributed by atoms with Crippen LogP contribution in [0.4, 0.5) is 0 Å². The summed E-state index contributed by atoms with van der Waals surface area (Å²) in [5, 5.41) is 0.115. The highest BCUT2D eigenvalue weighted by molar-refractivity contribution is 6.32. The van der Waals surface area contributed by atoms with E-state index in [4.69, 9.17) is 11.6 Å². The van der Waals surface area contributed by atoms with Crippen LogP contribution in [-0.4, -0.2) is 23.0 Å². The predicted molar refractivity (Wildman–Crippen MR) is 72.4 cm³/mol. The predicted octanol–water partition coefficient (Wildman–Crippen LogP) is 2.82. The summed E-state index contributed by atoms with van der Waals surface area (Å²) >= 11 is 5.95. The molecular formula is C14H13ClN2O2. The maximum absolute atomic E-state index is 11.4. The number of carbonyl (C=O) groups excluding carboxylic acids is 1. The third-order valence-electron chi connectivity index (χ3n) is 2.64. The molecule has 98 valence electrons. The number of benzene rings is 1. The summed E-state index contributed by atoms with van der Waals surface area (Å²) in [5.41, 5.74) is 2.45. The van der Waals surface area contributed by atoms with Crippen LogP contribution < -0.4 is 0 Å². The van der Waals surface area contributed by atoms with E-state index in [2.05, 4.69) is 20.8 Å². The average Bonchev–Trinajstić information content (AvgIpc) is 2.38. The topological polar surface area (TPSA) is 52.1 Å². The van der Waals surface area contributed by atoms with Crippen molar-refractivity contribution in [2.24, 2.45) is 0 Å². The van der Waals surface area contributed by atoms with Gasteiger partial charge in [-0.15, -0.1) is 0 Å². The Morgan fingerprint density at radius 2 is 2.21 bits per heavy atom. The highest BCUT2D eigenvalue weighted by Gasteiger charge is 2.13. The van der Waals surface area contributed by atoms with E-state index in [-0.39, 0.29) is 10.7 Å². The lowest BCUT2D eigenvalue weighted by Crippen LogP contribution is -2.06. The molecule has 0 spiro atoms. The van der Waals surface area contributed by atoms with Gasteiger partial charge < -0.3 is 4.74 Å². The molecule has 0 aliphatic carbocycles. The molecule has 0 bridgehead atoms. The molecule has 0 unspecified atom stereocenters. The van der Waals surface area contributed by atoms with Gasteiger partial charge in [0.25, 0.3) is 0 Å². The Morgan fingerprint density at radius 1 is 1.42 bits per heavy atom. The van der Waals surface area contributed by atoms with Crippen molar-refractivity contribution in [1.29, 1.82) is 0 Å². The van der Waals surface area contributed by atoms with Crippen LogP contribution in [0.25, 0.3) is 0 Å².